The third kappa shape index (κ3) is 3.69. The maximum Gasteiger partial charge on any atom is 0.309 e. The number of aliphatic hydroxyl groups is 2. The van der Waals surface area contributed by atoms with Crippen molar-refractivity contribution in [2.75, 3.05) is 6.61 Å². The van der Waals surface area contributed by atoms with Gasteiger partial charge in [-0.2, -0.15) is 0 Å². The van der Waals surface area contributed by atoms with Gasteiger partial charge in [0.1, 0.15) is 23.4 Å². The molecular formula is C35H43NO8. The molecule has 5 aliphatic carbocycles. The summed E-state index contributed by atoms with van der Waals surface area (Å²) in [5.41, 5.74) is -1.55. The zero-order chi connectivity index (χ0) is 31.4. The molecule has 9 nitrogen and oxygen atoms in total. The SMILES string of the molecule is C=C1C(=O)[C@]23[C@H](OC(=O)C4CCC(NC(=O)c5cccc(C)c5)CC4)[C@H]1CC[C@H]2[C@@]12CO[C@@]3(O)[C@@H](O)[C@@H]1C(C)(C)CCC2=O. The predicted molar refractivity (Wildman–Crippen MR) is 158 cm³/mol. The Kier molecular flexibility index (Phi) is 6.65. The summed E-state index contributed by atoms with van der Waals surface area (Å²) >= 11 is 0. The molecule has 8 atom stereocenters. The van der Waals surface area contributed by atoms with Crippen LogP contribution in [0.3, 0.4) is 0 Å². The second kappa shape index (κ2) is 9.81. The quantitative estimate of drug-likeness (QED) is 0.351. The Bertz CT molecular complexity index is 1460. The van der Waals surface area contributed by atoms with E-state index in [0.29, 0.717) is 56.9 Å². The van der Waals surface area contributed by atoms with Gasteiger partial charge in [0.25, 0.3) is 5.91 Å². The number of esters is 1. The van der Waals surface area contributed by atoms with E-state index in [4.69, 9.17) is 9.47 Å². The van der Waals surface area contributed by atoms with Crippen LogP contribution >= 0.6 is 0 Å². The Morgan fingerprint density at radius 2 is 1.82 bits per heavy atom. The van der Waals surface area contributed by atoms with Crippen LogP contribution in [-0.4, -0.2) is 64.3 Å². The molecule has 9 heteroatoms. The molecule has 3 N–H and O–H groups in total. The average Bonchev–Trinajstić information content (AvgIpc) is 3.10. The highest BCUT2D eigenvalue weighted by Gasteiger charge is 2.88. The Labute approximate surface area is 257 Å². The van der Waals surface area contributed by atoms with E-state index in [9.17, 15) is 29.4 Å². The molecule has 2 spiro atoms. The summed E-state index contributed by atoms with van der Waals surface area (Å²) < 4.78 is 12.3. The van der Waals surface area contributed by atoms with Gasteiger partial charge in [0.05, 0.1) is 17.9 Å². The van der Waals surface area contributed by atoms with E-state index in [1.54, 1.807) is 6.07 Å². The second-order valence-electron chi connectivity index (χ2n) is 15.1. The highest BCUT2D eigenvalue weighted by molar-refractivity contribution is 6.06. The highest BCUT2D eigenvalue weighted by atomic mass is 16.6. The first-order chi connectivity index (χ1) is 20.8. The fourth-order valence-electron chi connectivity index (χ4n) is 10.5. The van der Waals surface area contributed by atoms with Gasteiger partial charge in [-0.15, -0.1) is 0 Å². The van der Waals surface area contributed by atoms with Gasteiger partial charge >= 0.3 is 5.97 Å². The van der Waals surface area contributed by atoms with Crippen molar-refractivity contribution in [3.05, 3.63) is 47.5 Å². The van der Waals surface area contributed by atoms with Gasteiger partial charge in [0.15, 0.2) is 5.78 Å². The molecule has 7 aliphatic rings. The van der Waals surface area contributed by atoms with E-state index in [-0.39, 0.29) is 29.9 Å². The summed E-state index contributed by atoms with van der Waals surface area (Å²) in [7, 11) is 0. The van der Waals surface area contributed by atoms with Crippen LogP contribution < -0.4 is 5.32 Å². The van der Waals surface area contributed by atoms with Crippen LogP contribution in [0.4, 0.5) is 0 Å². The van der Waals surface area contributed by atoms with Crippen molar-refractivity contribution in [1.29, 1.82) is 0 Å². The fourth-order valence-corrected chi connectivity index (χ4v) is 10.5. The summed E-state index contributed by atoms with van der Waals surface area (Å²) in [4.78, 5) is 54.8. The van der Waals surface area contributed by atoms with Gasteiger partial charge in [-0.05, 0) is 80.9 Å². The van der Waals surface area contributed by atoms with Gasteiger partial charge in [-0.25, -0.2) is 0 Å². The average molecular weight is 606 g/mol. The second-order valence-corrected chi connectivity index (χ2v) is 15.1. The number of rotatable bonds is 4. The maximum absolute atomic E-state index is 14.3. The van der Waals surface area contributed by atoms with Crippen LogP contribution in [0.15, 0.2) is 36.4 Å². The first-order valence-electron chi connectivity index (χ1n) is 16.2. The topological polar surface area (TPSA) is 139 Å². The molecule has 0 unspecified atom stereocenters. The smallest absolute Gasteiger partial charge is 0.309 e. The van der Waals surface area contributed by atoms with E-state index in [1.165, 1.54) is 0 Å². The molecule has 8 rings (SSSR count). The number of hydrogen-bond acceptors (Lipinski definition) is 8. The summed E-state index contributed by atoms with van der Waals surface area (Å²) in [5.74, 6) is -5.61. The lowest BCUT2D eigenvalue weighted by atomic mass is 9.36. The first kappa shape index (κ1) is 29.8. The molecule has 2 aliphatic heterocycles. The largest absolute Gasteiger partial charge is 0.460 e. The van der Waals surface area contributed by atoms with Gasteiger partial charge in [0, 0.05) is 29.9 Å². The van der Waals surface area contributed by atoms with Crippen LogP contribution in [0, 0.1) is 46.8 Å². The molecule has 2 heterocycles. The molecule has 0 radical (unpaired) electrons. The molecule has 1 aromatic rings. The molecule has 1 amide bonds. The van der Waals surface area contributed by atoms with Crippen molar-refractivity contribution in [1.82, 2.24) is 5.32 Å². The maximum atomic E-state index is 14.3. The molecule has 44 heavy (non-hydrogen) atoms. The van der Waals surface area contributed by atoms with E-state index >= 15 is 0 Å². The highest BCUT2D eigenvalue weighted by Crippen LogP contribution is 2.76. The number of aliphatic hydroxyl groups excluding tert-OH is 1. The van der Waals surface area contributed by atoms with Gasteiger partial charge in [-0.3, -0.25) is 19.2 Å². The van der Waals surface area contributed by atoms with Crippen molar-refractivity contribution in [2.24, 2.45) is 39.9 Å². The van der Waals surface area contributed by atoms with Crippen LogP contribution in [0.25, 0.3) is 0 Å². The zero-order valence-electron chi connectivity index (χ0n) is 25.8. The fraction of sp³-hybridized carbons (Fsp3) is 0.657. The van der Waals surface area contributed by atoms with Crippen molar-refractivity contribution in [2.45, 2.75) is 96.2 Å². The number of carbonyl (C=O) groups excluding carboxylic acids is 4. The van der Waals surface area contributed by atoms with E-state index < -0.39 is 69.7 Å². The number of ketones is 2. The number of aryl methyl sites for hydroxylation is 1. The third-order valence-electron chi connectivity index (χ3n) is 12.5. The van der Waals surface area contributed by atoms with Crippen molar-refractivity contribution < 1.29 is 38.9 Å². The zero-order valence-corrected chi connectivity index (χ0v) is 25.8. The molecule has 0 aromatic heterocycles. The van der Waals surface area contributed by atoms with E-state index in [0.717, 1.165) is 5.56 Å². The molecule has 236 valence electrons. The van der Waals surface area contributed by atoms with Crippen LogP contribution in [-0.2, 0) is 23.9 Å². The monoisotopic (exact) mass is 605 g/mol. The van der Waals surface area contributed by atoms with E-state index in [2.05, 4.69) is 11.9 Å². The number of nitrogens with one attached hydrogen (secondary N) is 1. The van der Waals surface area contributed by atoms with Crippen LogP contribution in [0.2, 0.25) is 0 Å². The van der Waals surface area contributed by atoms with Crippen molar-refractivity contribution in [3.63, 3.8) is 0 Å². The Morgan fingerprint density at radius 1 is 1.09 bits per heavy atom. The molecule has 1 aromatic carbocycles. The normalized spacial score (nSPS) is 43.7. The molecule has 4 bridgehead atoms. The molecule has 7 fully saturated rings. The van der Waals surface area contributed by atoms with Crippen LogP contribution in [0.5, 0.6) is 0 Å². The summed E-state index contributed by atoms with van der Waals surface area (Å²) in [6.45, 7) is 9.96. The third-order valence-corrected chi connectivity index (χ3v) is 12.5. The number of carbonyl (C=O) groups is 4. The van der Waals surface area contributed by atoms with Gasteiger partial charge < -0.3 is 25.0 Å². The molecule has 5 saturated carbocycles. The predicted octanol–water partition coefficient (Wildman–Crippen LogP) is 3.43. The lowest BCUT2D eigenvalue weighted by Gasteiger charge is -2.73. The van der Waals surface area contributed by atoms with Crippen molar-refractivity contribution >= 4 is 23.4 Å². The van der Waals surface area contributed by atoms with Crippen LogP contribution in [0.1, 0.15) is 81.1 Å². The van der Waals surface area contributed by atoms with E-state index in [1.807, 2.05) is 39.0 Å². The number of hydrogen-bond donors (Lipinski definition) is 3. The van der Waals surface area contributed by atoms with Gasteiger partial charge in [-0.1, -0.05) is 38.1 Å². The number of ether oxygens (including phenoxy) is 2. The lowest BCUT2D eigenvalue weighted by molar-refractivity contribution is -0.437. The number of benzene rings is 1. The first-order valence-corrected chi connectivity index (χ1v) is 16.2. The number of fused-ring (bicyclic) bond motifs is 2. The summed E-state index contributed by atoms with van der Waals surface area (Å²) in [5, 5.41) is 27.3. The minimum atomic E-state index is -2.31. The summed E-state index contributed by atoms with van der Waals surface area (Å²) in [6, 6.07) is 7.34. The van der Waals surface area contributed by atoms with Crippen molar-refractivity contribution in [3.8, 4) is 0 Å². The lowest BCUT2D eigenvalue weighted by Crippen LogP contribution is -2.85. The standard InChI is InChI=1S/C35H43NO8/c1-18-6-5-7-21(16-18)30(40)36-22-10-8-20(9-11-22)31(41)44-29-23-12-13-24-33-17-43-35(42,34(24,29)27(38)19(23)2)28(39)26(33)32(3,4)15-14-25(33)37/h5-7,16,20,22-24,26,28-29,39,42H,2,8-15,17H2,1,3-4H3,(H,36,40)/t20?,22?,23-,24-,26+,28-,29+,33+,34-,35-/m0/s1. The Balaban J connectivity index is 1.14. The van der Waals surface area contributed by atoms with Gasteiger partial charge in [0.2, 0.25) is 5.79 Å². The molecule has 2 saturated heterocycles. The minimum Gasteiger partial charge on any atom is -0.460 e. The minimum absolute atomic E-state index is 0.0492. The summed E-state index contributed by atoms with van der Waals surface area (Å²) in [6.07, 6.45) is 1.48. The Morgan fingerprint density at radius 3 is 2.52 bits per heavy atom. The Hall–Kier alpha value is -2.88. The molecular weight excluding hydrogens is 562 g/mol. The number of Topliss-reactive ketones (excluding diaryl/α,β-unsaturated/α-hetero) is 2. The number of amides is 1.